The molecule has 2 heterocycles. The van der Waals surface area contributed by atoms with Crippen molar-refractivity contribution in [1.29, 1.82) is 0 Å². The van der Waals surface area contributed by atoms with E-state index >= 15 is 0 Å². The highest BCUT2D eigenvalue weighted by Crippen LogP contribution is 2.28. The van der Waals surface area contributed by atoms with Gasteiger partial charge < -0.3 is 9.84 Å². The lowest BCUT2D eigenvalue weighted by atomic mass is 10.1. The fourth-order valence-electron chi connectivity index (χ4n) is 2.25. The number of thiophene rings is 1. The smallest absolute Gasteiger partial charge is 0.322 e. The minimum atomic E-state index is -0.363. The number of anilines is 1. The fourth-order valence-corrected chi connectivity index (χ4v) is 3.06. The Labute approximate surface area is 132 Å². The van der Waals surface area contributed by atoms with Gasteiger partial charge in [-0.05, 0) is 30.0 Å². The second kappa shape index (κ2) is 6.70. The molecule has 3 rings (SSSR count). The van der Waals surface area contributed by atoms with Gasteiger partial charge in [0.15, 0.2) is 0 Å². The molecule has 22 heavy (non-hydrogen) atoms. The molecule has 4 nitrogen and oxygen atoms in total. The van der Waals surface area contributed by atoms with Gasteiger partial charge in [-0.3, -0.25) is 0 Å². The molecule has 0 radical (unpaired) electrons. The average Bonchev–Trinajstić information content (AvgIpc) is 3.19. The van der Waals surface area contributed by atoms with Gasteiger partial charge in [0.05, 0.1) is 11.6 Å². The summed E-state index contributed by atoms with van der Waals surface area (Å²) < 4.78 is 19.0. The van der Waals surface area contributed by atoms with Gasteiger partial charge >= 0.3 is 6.01 Å². The minimum Gasteiger partial charge on any atom is -0.330 e. The summed E-state index contributed by atoms with van der Waals surface area (Å²) in [5.41, 5.74) is 0.336. The summed E-state index contributed by atoms with van der Waals surface area (Å²) in [4.78, 5) is 5.46. The van der Waals surface area contributed by atoms with Crippen molar-refractivity contribution < 1.29 is 8.91 Å². The van der Waals surface area contributed by atoms with E-state index in [1.807, 2.05) is 11.4 Å². The zero-order valence-electron chi connectivity index (χ0n) is 12.1. The Kier molecular flexibility index (Phi) is 4.48. The first-order chi connectivity index (χ1) is 10.8. The SMILES string of the molecule is CCCC(Nc1nc(-c2ccccc2F)no1)c1cccs1. The molecule has 0 aliphatic carbocycles. The van der Waals surface area contributed by atoms with Gasteiger partial charge in [-0.2, -0.15) is 4.98 Å². The molecular weight excluding hydrogens is 301 g/mol. The quantitative estimate of drug-likeness (QED) is 0.703. The summed E-state index contributed by atoms with van der Waals surface area (Å²) in [5, 5.41) is 9.14. The van der Waals surface area contributed by atoms with Gasteiger partial charge in [-0.25, -0.2) is 4.39 Å². The average molecular weight is 317 g/mol. The molecular formula is C16H16FN3OS. The van der Waals surface area contributed by atoms with Crippen molar-refractivity contribution in [2.75, 3.05) is 5.32 Å². The van der Waals surface area contributed by atoms with Gasteiger partial charge in [-0.15, -0.1) is 11.3 Å². The highest BCUT2D eigenvalue weighted by atomic mass is 32.1. The van der Waals surface area contributed by atoms with Crippen molar-refractivity contribution >= 4 is 17.4 Å². The molecule has 0 saturated heterocycles. The number of aromatic nitrogens is 2. The van der Waals surface area contributed by atoms with Crippen LogP contribution in [0.2, 0.25) is 0 Å². The van der Waals surface area contributed by atoms with Gasteiger partial charge in [-0.1, -0.05) is 36.7 Å². The predicted octanol–water partition coefficient (Wildman–Crippen LogP) is 4.89. The number of rotatable bonds is 6. The van der Waals surface area contributed by atoms with E-state index in [1.54, 1.807) is 29.5 Å². The maximum absolute atomic E-state index is 13.8. The maximum Gasteiger partial charge on any atom is 0.322 e. The van der Waals surface area contributed by atoms with E-state index in [0.717, 1.165) is 12.8 Å². The molecule has 1 N–H and O–H groups in total. The molecule has 114 valence electrons. The van der Waals surface area contributed by atoms with Crippen LogP contribution in [0.4, 0.5) is 10.4 Å². The molecule has 1 aromatic carbocycles. The van der Waals surface area contributed by atoms with Crippen LogP contribution in [0.3, 0.4) is 0 Å². The Bertz CT molecular complexity index is 727. The molecule has 0 spiro atoms. The minimum absolute atomic E-state index is 0.124. The van der Waals surface area contributed by atoms with Gasteiger partial charge in [0.25, 0.3) is 0 Å². The van der Waals surface area contributed by atoms with Crippen molar-refractivity contribution in [3.8, 4) is 11.4 Å². The van der Waals surface area contributed by atoms with Crippen molar-refractivity contribution in [2.45, 2.75) is 25.8 Å². The molecule has 0 saturated carbocycles. The third-order valence-electron chi connectivity index (χ3n) is 3.30. The summed E-state index contributed by atoms with van der Waals surface area (Å²) in [6, 6.07) is 10.9. The van der Waals surface area contributed by atoms with Crippen LogP contribution in [-0.4, -0.2) is 10.1 Å². The monoisotopic (exact) mass is 317 g/mol. The van der Waals surface area contributed by atoms with Crippen molar-refractivity contribution in [3.05, 3.63) is 52.5 Å². The molecule has 3 aromatic rings. The zero-order chi connectivity index (χ0) is 15.4. The van der Waals surface area contributed by atoms with Gasteiger partial charge in [0, 0.05) is 4.88 Å². The van der Waals surface area contributed by atoms with Crippen LogP contribution in [0.1, 0.15) is 30.7 Å². The summed E-state index contributed by atoms with van der Waals surface area (Å²) >= 11 is 1.68. The second-order valence-electron chi connectivity index (χ2n) is 4.90. The van der Waals surface area contributed by atoms with Gasteiger partial charge in [0.2, 0.25) is 5.82 Å². The molecule has 1 unspecified atom stereocenters. The van der Waals surface area contributed by atoms with Gasteiger partial charge in [0.1, 0.15) is 5.82 Å². The number of hydrogen-bond acceptors (Lipinski definition) is 5. The lowest BCUT2D eigenvalue weighted by molar-refractivity contribution is 0.426. The van der Waals surface area contributed by atoms with Crippen LogP contribution >= 0.6 is 11.3 Å². The number of benzene rings is 1. The Morgan fingerprint density at radius 2 is 2.14 bits per heavy atom. The summed E-state index contributed by atoms with van der Waals surface area (Å²) in [5.74, 6) is -0.111. The Morgan fingerprint density at radius 3 is 2.86 bits per heavy atom. The first-order valence-electron chi connectivity index (χ1n) is 7.16. The Balaban J connectivity index is 1.80. The molecule has 6 heteroatoms. The van der Waals surface area contributed by atoms with E-state index in [0.29, 0.717) is 11.6 Å². The van der Waals surface area contributed by atoms with Crippen molar-refractivity contribution in [2.24, 2.45) is 0 Å². The molecule has 2 aromatic heterocycles. The third kappa shape index (κ3) is 3.17. The topological polar surface area (TPSA) is 51.0 Å². The van der Waals surface area contributed by atoms with Crippen LogP contribution in [-0.2, 0) is 0 Å². The van der Waals surface area contributed by atoms with E-state index in [2.05, 4.69) is 28.4 Å². The molecule has 1 atom stereocenters. The van der Waals surface area contributed by atoms with Crippen LogP contribution in [0, 0.1) is 5.82 Å². The summed E-state index contributed by atoms with van der Waals surface area (Å²) in [6.45, 7) is 2.13. The van der Waals surface area contributed by atoms with E-state index in [1.165, 1.54) is 10.9 Å². The lowest BCUT2D eigenvalue weighted by Gasteiger charge is -2.14. The van der Waals surface area contributed by atoms with E-state index in [4.69, 9.17) is 4.52 Å². The zero-order valence-corrected chi connectivity index (χ0v) is 12.9. The number of nitrogens with one attached hydrogen (secondary N) is 1. The molecule has 0 aliphatic heterocycles. The van der Waals surface area contributed by atoms with Crippen LogP contribution in [0.15, 0.2) is 46.3 Å². The highest BCUT2D eigenvalue weighted by Gasteiger charge is 2.17. The number of nitrogens with zero attached hydrogens (tertiary/aromatic N) is 2. The number of halogens is 1. The van der Waals surface area contributed by atoms with Crippen molar-refractivity contribution in [3.63, 3.8) is 0 Å². The van der Waals surface area contributed by atoms with E-state index in [9.17, 15) is 4.39 Å². The standard InChI is InChI=1S/C16H16FN3OS/c1-2-6-13(14-9-5-10-22-14)18-16-19-15(20-21-16)11-7-3-4-8-12(11)17/h3-5,7-10,13H,2,6H2,1H3,(H,18,19,20). The molecule has 0 amide bonds. The Morgan fingerprint density at radius 1 is 1.27 bits per heavy atom. The maximum atomic E-state index is 13.8. The number of hydrogen-bond donors (Lipinski definition) is 1. The van der Waals surface area contributed by atoms with Crippen molar-refractivity contribution in [1.82, 2.24) is 10.1 Å². The normalized spacial score (nSPS) is 12.3. The Hall–Kier alpha value is -2.21. The summed E-state index contributed by atoms with van der Waals surface area (Å²) in [6.07, 6.45) is 1.99. The summed E-state index contributed by atoms with van der Waals surface area (Å²) in [7, 11) is 0. The first kappa shape index (κ1) is 14.7. The molecule has 0 fully saturated rings. The lowest BCUT2D eigenvalue weighted by Crippen LogP contribution is -2.09. The van der Waals surface area contributed by atoms with Crippen LogP contribution in [0.25, 0.3) is 11.4 Å². The van der Waals surface area contributed by atoms with Crippen LogP contribution in [0.5, 0.6) is 0 Å². The first-order valence-corrected chi connectivity index (χ1v) is 8.04. The molecule has 0 bridgehead atoms. The fraction of sp³-hybridized carbons (Fsp3) is 0.250. The third-order valence-corrected chi connectivity index (χ3v) is 4.29. The van der Waals surface area contributed by atoms with E-state index in [-0.39, 0.29) is 17.7 Å². The second-order valence-corrected chi connectivity index (χ2v) is 5.88. The highest BCUT2D eigenvalue weighted by molar-refractivity contribution is 7.10. The van der Waals surface area contributed by atoms with E-state index < -0.39 is 0 Å². The van der Waals surface area contributed by atoms with Crippen LogP contribution < -0.4 is 5.32 Å². The molecule has 0 aliphatic rings. The largest absolute Gasteiger partial charge is 0.330 e. The predicted molar refractivity (Wildman–Crippen MR) is 85.3 cm³/mol.